The monoisotopic (exact) mass is 334 g/mol. The van der Waals surface area contributed by atoms with E-state index in [1.807, 2.05) is 12.4 Å². The topological polar surface area (TPSA) is 34.0 Å². The van der Waals surface area contributed by atoms with Crippen LogP contribution in [0.15, 0.2) is 48.8 Å². The highest BCUT2D eigenvalue weighted by atomic mass is 15.2. The van der Waals surface area contributed by atoms with E-state index in [2.05, 4.69) is 62.8 Å². The third-order valence-electron chi connectivity index (χ3n) is 5.36. The second-order valence-electron chi connectivity index (χ2n) is 6.99. The number of pyridine rings is 1. The summed E-state index contributed by atoms with van der Waals surface area (Å²) in [6.07, 6.45) is 8.93. The van der Waals surface area contributed by atoms with Gasteiger partial charge in [0.25, 0.3) is 0 Å². The molecule has 0 saturated carbocycles. The number of likely N-dealkylation sites (tertiary alicyclic amines) is 1. The Balaban J connectivity index is 1.44. The van der Waals surface area contributed by atoms with E-state index in [1.54, 1.807) is 0 Å². The van der Waals surface area contributed by atoms with Crippen LogP contribution < -0.4 is 0 Å². The summed E-state index contributed by atoms with van der Waals surface area (Å²) in [6.45, 7) is 5.47. The first kappa shape index (κ1) is 16.3. The first-order chi connectivity index (χ1) is 12.3. The van der Waals surface area contributed by atoms with Crippen LogP contribution in [0.5, 0.6) is 0 Å². The first-order valence-corrected chi connectivity index (χ1v) is 9.39. The van der Waals surface area contributed by atoms with Crippen LogP contribution >= 0.6 is 0 Å². The number of aryl methyl sites for hydroxylation is 2. The maximum absolute atomic E-state index is 4.68. The standard InChI is InChI=1S/C21H26N4/c1-17-23-19-9-2-3-11-21(19)25(17)15-7-14-24-13-5-4-10-20(24)18-8-6-12-22-16-18/h2-3,6,8-9,11-12,16,20H,4-5,7,10,13-15H2,1H3. The molecule has 2 aromatic heterocycles. The molecule has 0 amide bonds. The van der Waals surface area contributed by atoms with E-state index in [9.17, 15) is 0 Å². The summed E-state index contributed by atoms with van der Waals surface area (Å²) >= 11 is 0. The van der Waals surface area contributed by atoms with Gasteiger partial charge >= 0.3 is 0 Å². The van der Waals surface area contributed by atoms with Crippen molar-refractivity contribution in [3.8, 4) is 0 Å². The summed E-state index contributed by atoms with van der Waals surface area (Å²) in [5.41, 5.74) is 3.72. The van der Waals surface area contributed by atoms with E-state index in [4.69, 9.17) is 0 Å². The number of nitrogens with zero attached hydrogens (tertiary/aromatic N) is 4. The maximum Gasteiger partial charge on any atom is 0.106 e. The first-order valence-electron chi connectivity index (χ1n) is 9.39. The van der Waals surface area contributed by atoms with Gasteiger partial charge in [-0.15, -0.1) is 0 Å². The second-order valence-corrected chi connectivity index (χ2v) is 6.99. The number of piperidine rings is 1. The molecule has 1 saturated heterocycles. The molecule has 0 bridgehead atoms. The summed E-state index contributed by atoms with van der Waals surface area (Å²) in [7, 11) is 0. The van der Waals surface area contributed by atoms with E-state index in [1.165, 1.54) is 36.9 Å². The number of fused-ring (bicyclic) bond motifs is 1. The summed E-state index contributed by atoms with van der Waals surface area (Å²) in [6, 6.07) is 13.3. The average molecular weight is 334 g/mol. The largest absolute Gasteiger partial charge is 0.328 e. The van der Waals surface area contributed by atoms with E-state index in [0.717, 1.165) is 30.9 Å². The highest BCUT2D eigenvalue weighted by Crippen LogP contribution is 2.30. The maximum atomic E-state index is 4.68. The number of aromatic nitrogens is 3. The highest BCUT2D eigenvalue weighted by molar-refractivity contribution is 5.75. The van der Waals surface area contributed by atoms with E-state index in [-0.39, 0.29) is 0 Å². The minimum Gasteiger partial charge on any atom is -0.328 e. The Labute approximate surface area is 149 Å². The van der Waals surface area contributed by atoms with E-state index in [0.29, 0.717) is 6.04 Å². The van der Waals surface area contributed by atoms with Gasteiger partial charge in [0, 0.05) is 31.5 Å². The SMILES string of the molecule is Cc1nc2ccccc2n1CCCN1CCCCC1c1cccnc1. The van der Waals surface area contributed by atoms with Gasteiger partial charge in [0.2, 0.25) is 0 Å². The van der Waals surface area contributed by atoms with E-state index >= 15 is 0 Å². The fourth-order valence-electron chi connectivity index (χ4n) is 4.12. The normalized spacial score (nSPS) is 18.7. The Morgan fingerprint density at radius 3 is 2.88 bits per heavy atom. The van der Waals surface area contributed by atoms with Crippen LogP contribution in [0.2, 0.25) is 0 Å². The van der Waals surface area contributed by atoms with Gasteiger partial charge < -0.3 is 4.57 Å². The fraction of sp³-hybridized carbons (Fsp3) is 0.429. The molecule has 1 fully saturated rings. The van der Waals surface area contributed by atoms with Crippen LogP contribution in [-0.2, 0) is 6.54 Å². The lowest BCUT2D eigenvalue weighted by molar-refractivity contribution is 0.145. The van der Waals surface area contributed by atoms with Crippen LogP contribution in [0.1, 0.15) is 43.1 Å². The predicted octanol–water partition coefficient (Wildman–Crippen LogP) is 4.36. The second kappa shape index (κ2) is 7.36. The minimum atomic E-state index is 0.531. The van der Waals surface area contributed by atoms with Gasteiger partial charge in [-0.3, -0.25) is 9.88 Å². The minimum absolute atomic E-state index is 0.531. The zero-order valence-corrected chi connectivity index (χ0v) is 14.9. The Morgan fingerprint density at radius 1 is 1.08 bits per heavy atom. The Bertz CT molecular complexity index is 824. The molecule has 0 spiro atoms. The van der Waals surface area contributed by atoms with Crippen molar-refractivity contribution >= 4 is 11.0 Å². The van der Waals surface area contributed by atoms with Crippen molar-refractivity contribution in [1.82, 2.24) is 19.4 Å². The van der Waals surface area contributed by atoms with Crippen molar-refractivity contribution in [2.24, 2.45) is 0 Å². The van der Waals surface area contributed by atoms with Crippen molar-refractivity contribution in [1.29, 1.82) is 0 Å². The third kappa shape index (κ3) is 3.45. The molecule has 0 N–H and O–H groups in total. The van der Waals surface area contributed by atoms with Crippen LogP contribution in [0.25, 0.3) is 11.0 Å². The lowest BCUT2D eigenvalue weighted by atomic mass is 9.96. The van der Waals surface area contributed by atoms with Gasteiger partial charge in [0.1, 0.15) is 5.82 Å². The van der Waals surface area contributed by atoms with Crippen molar-refractivity contribution in [3.63, 3.8) is 0 Å². The lowest BCUT2D eigenvalue weighted by Crippen LogP contribution is -2.34. The van der Waals surface area contributed by atoms with Crippen LogP contribution in [0.4, 0.5) is 0 Å². The molecule has 25 heavy (non-hydrogen) atoms. The molecule has 3 aromatic rings. The molecule has 1 unspecified atom stereocenters. The van der Waals surface area contributed by atoms with Gasteiger partial charge in [-0.1, -0.05) is 24.6 Å². The zero-order valence-electron chi connectivity index (χ0n) is 14.9. The van der Waals surface area contributed by atoms with Gasteiger partial charge in [0.15, 0.2) is 0 Å². The number of hydrogen-bond donors (Lipinski definition) is 0. The van der Waals surface area contributed by atoms with Crippen molar-refractivity contribution < 1.29 is 0 Å². The molecule has 1 aliphatic rings. The predicted molar refractivity (Wildman–Crippen MR) is 101 cm³/mol. The smallest absolute Gasteiger partial charge is 0.106 e. The molecule has 1 aliphatic heterocycles. The fourth-order valence-corrected chi connectivity index (χ4v) is 4.12. The number of hydrogen-bond acceptors (Lipinski definition) is 3. The molecule has 4 nitrogen and oxygen atoms in total. The molecule has 3 heterocycles. The molecule has 0 aliphatic carbocycles. The number of para-hydroxylation sites is 2. The summed E-state index contributed by atoms with van der Waals surface area (Å²) in [4.78, 5) is 11.7. The summed E-state index contributed by atoms with van der Waals surface area (Å²) in [5.74, 6) is 1.11. The molecular formula is C21H26N4. The average Bonchev–Trinajstić information content (AvgIpc) is 2.98. The van der Waals surface area contributed by atoms with Gasteiger partial charge in [-0.2, -0.15) is 0 Å². The van der Waals surface area contributed by atoms with Gasteiger partial charge in [0.05, 0.1) is 11.0 Å². The van der Waals surface area contributed by atoms with Gasteiger partial charge in [-0.05, 0) is 56.5 Å². The number of rotatable bonds is 5. The van der Waals surface area contributed by atoms with Gasteiger partial charge in [-0.25, -0.2) is 4.98 Å². The van der Waals surface area contributed by atoms with Crippen LogP contribution in [0, 0.1) is 6.92 Å². The zero-order chi connectivity index (χ0) is 17.1. The van der Waals surface area contributed by atoms with E-state index < -0.39 is 0 Å². The van der Waals surface area contributed by atoms with Crippen LogP contribution in [-0.4, -0.2) is 32.5 Å². The molecule has 130 valence electrons. The Hall–Kier alpha value is -2.20. The number of benzene rings is 1. The molecule has 4 rings (SSSR count). The van der Waals surface area contributed by atoms with Crippen molar-refractivity contribution in [3.05, 3.63) is 60.2 Å². The quantitative estimate of drug-likeness (QED) is 0.695. The van der Waals surface area contributed by atoms with Crippen molar-refractivity contribution in [2.75, 3.05) is 13.1 Å². The van der Waals surface area contributed by atoms with Crippen molar-refractivity contribution in [2.45, 2.75) is 45.2 Å². The molecule has 1 atom stereocenters. The molecule has 0 radical (unpaired) electrons. The Kier molecular flexibility index (Phi) is 4.79. The van der Waals surface area contributed by atoms with Crippen LogP contribution in [0.3, 0.4) is 0 Å². The summed E-state index contributed by atoms with van der Waals surface area (Å²) in [5, 5.41) is 0. The molecular weight excluding hydrogens is 308 g/mol. The Morgan fingerprint density at radius 2 is 2.00 bits per heavy atom. The highest BCUT2D eigenvalue weighted by Gasteiger charge is 2.23. The molecule has 1 aromatic carbocycles. The third-order valence-corrected chi connectivity index (χ3v) is 5.36. The number of imidazole rings is 1. The summed E-state index contributed by atoms with van der Waals surface area (Å²) < 4.78 is 2.36. The lowest BCUT2D eigenvalue weighted by Gasteiger charge is -2.36. The molecule has 4 heteroatoms.